The summed E-state index contributed by atoms with van der Waals surface area (Å²) in [4.78, 5) is 16.3. The molecule has 1 aromatic heterocycles. The van der Waals surface area contributed by atoms with E-state index < -0.39 is 0 Å². The highest BCUT2D eigenvalue weighted by Gasteiger charge is 2.20. The molecular formula is C12H17N3OS. The van der Waals surface area contributed by atoms with Crippen molar-refractivity contribution in [3.8, 4) is 0 Å². The molecule has 0 saturated carbocycles. The van der Waals surface area contributed by atoms with E-state index in [0.29, 0.717) is 17.4 Å². The molecule has 1 aliphatic rings. The summed E-state index contributed by atoms with van der Waals surface area (Å²) in [5.74, 6) is 2.79. The number of hydrogen-bond acceptors (Lipinski definition) is 4. The van der Waals surface area contributed by atoms with Crippen molar-refractivity contribution in [3.63, 3.8) is 0 Å². The SMILES string of the molecule is CCNc1ncccc1C(=O)NC1CCSC1. The van der Waals surface area contributed by atoms with E-state index in [0.717, 1.165) is 24.5 Å². The van der Waals surface area contributed by atoms with Gasteiger partial charge < -0.3 is 10.6 Å². The van der Waals surface area contributed by atoms with Crippen LogP contribution in [0.5, 0.6) is 0 Å². The Bertz CT molecular complexity index is 391. The molecule has 1 aliphatic heterocycles. The maximum atomic E-state index is 12.1. The molecule has 1 saturated heterocycles. The third-order valence-corrected chi connectivity index (χ3v) is 3.82. The molecule has 1 fully saturated rings. The maximum Gasteiger partial charge on any atom is 0.255 e. The number of amides is 1. The molecule has 92 valence electrons. The summed E-state index contributed by atoms with van der Waals surface area (Å²) in [5.41, 5.74) is 0.631. The van der Waals surface area contributed by atoms with Crippen LogP contribution in [0.3, 0.4) is 0 Å². The molecule has 1 unspecified atom stereocenters. The van der Waals surface area contributed by atoms with Crippen LogP contribution >= 0.6 is 11.8 Å². The summed E-state index contributed by atoms with van der Waals surface area (Å²) in [7, 11) is 0. The number of aromatic nitrogens is 1. The van der Waals surface area contributed by atoms with Crippen molar-refractivity contribution in [2.24, 2.45) is 0 Å². The number of nitrogens with one attached hydrogen (secondary N) is 2. The number of anilines is 1. The summed E-state index contributed by atoms with van der Waals surface area (Å²) in [6.45, 7) is 2.75. The molecule has 17 heavy (non-hydrogen) atoms. The van der Waals surface area contributed by atoms with Crippen LogP contribution in [0.4, 0.5) is 5.82 Å². The fourth-order valence-corrected chi connectivity index (χ4v) is 2.96. The monoisotopic (exact) mass is 251 g/mol. The molecule has 2 heterocycles. The Hall–Kier alpha value is -1.23. The lowest BCUT2D eigenvalue weighted by Crippen LogP contribution is -2.35. The van der Waals surface area contributed by atoms with E-state index in [4.69, 9.17) is 0 Å². The van der Waals surface area contributed by atoms with E-state index in [-0.39, 0.29) is 5.91 Å². The first kappa shape index (κ1) is 12.2. The normalized spacial score (nSPS) is 19.0. The molecule has 1 amide bonds. The zero-order valence-electron chi connectivity index (χ0n) is 9.90. The van der Waals surface area contributed by atoms with E-state index >= 15 is 0 Å². The van der Waals surface area contributed by atoms with Crippen LogP contribution < -0.4 is 10.6 Å². The Morgan fingerprint density at radius 2 is 2.53 bits per heavy atom. The van der Waals surface area contributed by atoms with Crippen LogP contribution in [0, 0.1) is 0 Å². The molecule has 4 nitrogen and oxygen atoms in total. The summed E-state index contributed by atoms with van der Waals surface area (Å²) in [6.07, 6.45) is 2.76. The number of hydrogen-bond donors (Lipinski definition) is 2. The smallest absolute Gasteiger partial charge is 0.255 e. The lowest BCUT2D eigenvalue weighted by molar-refractivity contribution is 0.0941. The van der Waals surface area contributed by atoms with Crippen molar-refractivity contribution < 1.29 is 4.79 Å². The van der Waals surface area contributed by atoms with Gasteiger partial charge in [0.05, 0.1) is 5.56 Å². The number of nitrogens with zero attached hydrogens (tertiary/aromatic N) is 1. The lowest BCUT2D eigenvalue weighted by atomic mass is 10.2. The van der Waals surface area contributed by atoms with Gasteiger partial charge in [0, 0.05) is 24.5 Å². The Balaban J connectivity index is 2.06. The second-order valence-electron chi connectivity index (χ2n) is 3.96. The van der Waals surface area contributed by atoms with Crippen molar-refractivity contribution in [1.29, 1.82) is 0 Å². The van der Waals surface area contributed by atoms with E-state index in [9.17, 15) is 4.79 Å². The minimum atomic E-state index is -0.0263. The Labute approximate surface area is 106 Å². The molecule has 5 heteroatoms. The Morgan fingerprint density at radius 3 is 3.24 bits per heavy atom. The van der Waals surface area contributed by atoms with E-state index in [1.165, 1.54) is 0 Å². The average molecular weight is 251 g/mol. The second kappa shape index (κ2) is 5.91. The van der Waals surface area contributed by atoms with Crippen molar-refractivity contribution in [1.82, 2.24) is 10.3 Å². The van der Waals surface area contributed by atoms with Gasteiger partial charge in [-0.05, 0) is 31.2 Å². The predicted octanol–water partition coefficient (Wildman–Crippen LogP) is 1.75. The minimum Gasteiger partial charge on any atom is -0.370 e. The van der Waals surface area contributed by atoms with E-state index in [2.05, 4.69) is 15.6 Å². The molecule has 1 atom stereocenters. The van der Waals surface area contributed by atoms with Crippen LogP contribution in [0.2, 0.25) is 0 Å². The number of thioether (sulfide) groups is 1. The largest absolute Gasteiger partial charge is 0.370 e. The molecular weight excluding hydrogens is 234 g/mol. The van der Waals surface area contributed by atoms with Gasteiger partial charge in [-0.25, -0.2) is 4.98 Å². The van der Waals surface area contributed by atoms with Crippen LogP contribution in [0.25, 0.3) is 0 Å². The third-order valence-electron chi connectivity index (χ3n) is 2.66. The Kier molecular flexibility index (Phi) is 4.25. The first-order valence-electron chi connectivity index (χ1n) is 5.88. The molecule has 0 aliphatic carbocycles. The molecule has 2 rings (SSSR count). The van der Waals surface area contributed by atoms with Crippen molar-refractivity contribution in [2.75, 3.05) is 23.4 Å². The highest BCUT2D eigenvalue weighted by molar-refractivity contribution is 7.99. The van der Waals surface area contributed by atoms with Crippen molar-refractivity contribution >= 4 is 23.5 Å². The average Bonchev–Trinajstić information content (AvgIpc) is 2.83. The lowest BCUT2D eigenvalue weighted by Gasteiger charge is -2.13. The number of pyridine rings is 1. The zero-order chi connectivity index (χ0) is 12.1. The van der Waals surface area contributed by atoms with Gasteiger partial charge in [0.15, 0.2) is 0 Å². The number of rotatable bonds is 4. The molecule has 2 N–H and O–H groups in total. The first-order valence-corrected chi connectivity index (χ1v) is 7.04. The molecule has 0 radical (unpaired) electrons. The van der Waals surface area contributed by atoms with Gasteiger partial charge in [0.2, 0.25) is 0 Å². The first-order chi connectivity index (χ1) is 8.31. The summed E-state index contributed by atoms with van der Waals surface area (Å²) in [5, 5.41) is 6.16. The van der Waals surface area contributed by atoms with Crippen molar-refractivity contribution in [3.05, 3.63) is 23.9 Å². The highest BCUT2D eigenvalue weighted by atomic mass is 32.2. The molecule has 0 bridgehead atoms. The standard InChI is InChI=1S/C12H17N3OS/c1-2-13-11-10(4-3-6-14-11)12(16)15-9-5-7-17-8-9/h3-4,6,9H,2,5,7-8H2,1H3,(H,13,14)(H,15,16). The summed E-state index contributed by atoms with van der Waals surface area (Å²) < 4.78 is 0. The van der Waals surface area contributed by atoms with E-state index in [1.54, 1.807) is 12.3 Å². The third kappa shape index (κ3) is 3.12. The number of carbonyl (C=O) groups excluding carboxylic acids is 1. The van der Waals surface area contributed by atoms with Crippen molar-refractivity contribution in [2.45, 2.75) is 19.4 Å². The van der Waals surface area contributed by atoms with E-state index in [1.807, 2.05) is 24.8 Å². The molecule has 0 aromatic carbocycles. The van der Waals surface area contributed by atoms with Crippen LogP contribution in [0.15, 0.2) is 18.3 Å². The van der Waals surface area contributed by atoms with Crippen LogP contribution in [0.1, 0.15) is 23.7 Å². The van der Waals surface area contributed by atoms with Gasteiger partial charge in [-0.2, -0.15) is 11.8 Å². The molecule has 0 spiro atoms. The maximum absolute atomic E-state index is 12.1. The Morgan fingerprint density at radius 1 is 1.65 bits per heavy atom. The number of carbonyl (C=O) groups is 1. The highest BCUT2D eigenvalue weighted by Crippen LogP contribution is 2.18. The second-order valence-corrected chi connectivity index (χ2v) is 5.11. The van der Waals surface area contributed by atoms with Gasteiger partial charge in [-0.15, -0.1) is 0 Å². The van der Waals surface area contributed by atoms with Gasteiger partial charge in [0.1, 0.15) is 5.82 Å². The summed E-state index contributed by atoms with van der Waals surface area (Å²) >= 11 is 1.89. The van der Waals surface area contributed by atoms with Gasteiger partial charge in [-0.1, -0.05) is 0 Å². The van der Waals surface area contributed by atoms with Gasteiger partial charge >= 0.3 is 0 Å². The summed E-state index contributed by atoms with van der Waals surface area (Å²) in [6, 6.07) is 3.91. The zero-order valence-corrected chi connectivity index (χ0v) is 10.7. The predicted molar refractivity (Wildman–Crippen MR) is 71.6 cm³/mol. The van der Waals surface area contributed by atoms with Crippen LogP contribution in [-0.4, -0.2) is 35.0 Å². The minimum absolute atomic E-state index is 0.0263. The van der Waals surface area contributed by atoms with Gasteiger partial charge in [0.25, 0.3) is 5.91 Å². The molecule has 1 aromatic rings. The van der Waals surface area contributed by atoms with Crippen LogP contribution in [-0.2, 0) is 0 Å². The topological polar surface area (TPSA) is 54.0 Å². The fraction of sp³-hybridized carbons (Fsp3) is 0.500. The van der Waals surface area contributed by atoms with Gasteiger partial charge in [-0.3, -0.25) is 4.79 Å². The fourth-order valence-electron chi connectivity index (χ4n) is 1.81. The quantitative estimate of drug-likeness (QED) is 0.856.